The number of halogens is 3. The molecule has 2 N–H and O–H groups in total. The van der Waals surface area contributed by atoms with Gasteiger partial charge in [0.2, 0.25) is 5.91 Å². The highest BCUT2D eigenvalue weighted by molar-refractivity contribution is 5.92. The van der Waals surface area contributed by atoms with Crippen molar-refractivity contribution in [2.24, 2.45) is 5.92 Å². The lowest BCUT2D eigenvalue weighted by Crippen LogP contribution is -2.32. The number of anilines is 1. The van der Waals surface area contributed by atoms with Gasteiger partial charge in [-0.3, -0.25) is 14.5 Å². The van der Waals surface area contributed by atoms with E-state index < -0.39 is 23.5 Å². The van der Waals surface area contributed by atoms with Gasteiger partial charge in [0.05, 0.1) is 12.5 Å². The van der Waals surface area contributed by atoms with E-state index in [9.17, 15) is 18.4 Å². The smallest absolute Gasteiger partial charge is 0.307 e. The Labute approximate surface area is 126 Å². The molecule has 1 amide bonds. The molecule has 116 valence electrons. The molecule has 1 atom stereocenters. The third kappa shape index (κ3) is 4.64. The molecule has 1 heterocycles. The lowest BCUT2D eigenvalue weighted by Gasteiger charge is -2.14. The SMILES string of the molecule is Cl.O=C(CN1CCC(C(=O)O)C1)Nc1ccc(F)c(F)c1. The molecule has 1 aromatic carbocycles. The van der Waals surface area contributed by atoms with Crippen molar-refractivity contribution in [3.8, 4) is 0 Å². The third-order valence-electron chi connectivity index (χ3n) is 3.19. The highest BCUT2D eigenvalue weighted by Crippen LogP contribution is 2.17. The Morgan fingerprint density at radius 3 is 2.62 bits per heavy atom. The average Bonchev–Trinajstić information content (AvgIpc) is 2.82. The number of carboxylic acid groups (broad SMARTS) is 1. The molecule has 5 nitrogen and oxygen atoms in total. The summed E-state index contributed by atoms with van der Waals surface area (Å²) in [6, 6.07) is 3.10. The highest BCUT2D eigenvalue weighted by Gasteiger charge is 2.28. The zero-order valence-electron chi connectivity index (χ0n) is 11.0. The first-order valence-corrected chi connectivity index (χ1v) is 6.16. The van der Waals surface area contributed by atoms with E-state index in [0.29, 0.717) is 19.5 Å². The van der Waals surface area contributed by atoms with Gasteiger partial charge in [0.1, 0.15) is 0 Å². The van der Waals surface area contributed by atoms with Crippen LogP contribution in [0.25, 0.3) is 0 Å². The minimum absolute atomic E-state index is 0. The first kappa shape index (κ1) is 17.3. The molecule has 21 heavy (non-hydrogen) atoms. The summed E-state index contributed by atoms with van der Waals surface area (Å²) in [6.45, 7) is 0.880. The number of likely N-dealkylation sites (tertiary alicyclic amines) is 1. The van der Waals surface area contributed by atoms with E-state index in [2.05, 4.69) is 5.32 Å². The van der Waals surface area contributed by atoms with Gasteiger partial charge in [-0.1, -0.05) is 0 Å². The molecule has 1 unspecified atom stereocenters. The van der Waals surface area contributed by atoms with E-state index in [-0.39, 0.29) is 30.5 Å². The minimum Gasteiger partial charge on any atom is -0.481 e. The van der Waals surface area contributed by atoms with Crippen LogP contribution in [0.4, 0.5) is 14.5 Å². The molecule has 0 radical (unpaired) electrons. The van der Waals surface area contributed by atoms with Crippen molar-refractivity contribution in [2.45, 2.75) is 6.42 Å². The topological polar surface area (TPSA) is 69.6 Å². The van der Waals surface area contributed by atoms with Crippen LogP contribution in [-0.2, 0) is 9.59 Å². The van der Waals surface area contributed by atoms with Crippen molar-refractivity contribution >= 4 is 30.0 Å². The molecule has 0 aliphatic carbocycles. The molecule has 1 aliphatic heterocycles. The van der Waals surface area contributed by atoms with Crippen molar-refractivity contribution in [3.63, 3.8) is 0 Å². The van der Waals surface area contributed by atoms with Crippen LogP contribution in [0.15, 0.2) is 18.2 Å². The quantitative estimate of drug-likeness (QED) is 0.886. The van der Waals surface area contributed by atoms with E-state index in [1.54, 1.807) is 4.90 Å². The predicted octanol–water partition coefficient (Wildman–Crippen LogP) is 1.73. The first-order valence-electron chi connectivity index (χ1n) is 6.16. The van der Waals surface area contributed by atoms with Crippen LogP contribution in [-0.4, -0.2) is 41.5 Å². The summed E-state index contributed by atoms with van der Waals surface area (Å²) in [4.78, 5) is 24.2. The van der Waals surface area contributed by atoms with Gasteiger partial charge in [0.15, 0.2) is 11.6 Å². The van der Waals surface area contributed by atoms with E-state index in [1.165, 1.54) is 6.07 Å². The second-order valence-corrected chi connectivity index (χ2v) is 4.74. The minimum atomic E-state index is -1.03. The van der Waals surface area contributed by atoms with E-state index >= 15 is 0 Å². The first-order chi connectivity index (χ1) is 9.45. The maximum Gasteiger partial charge on any atom is 0.307 e. The number of hydrogen-bond acceptors (Lipinski definition) is 3. The van der Waals surface area contributed by atoms with E-state index in [4.69, 9.17) is 5.11 Å². The summed E-state index contributed by atoms with van der Waals surface area (Å²) in [7, 11) is 0. The van der Waals surface area contributed by atoms with Crippen molar-refractivity contribution in [2.75, 3.05) is 25.0 Å². The number of carbonyl (C=O) groups is 2. The summed E-state index contributed by atoms with van der Waals surface area (Å²) in [6.07, 6.45) is 0.508. The molecule has 1 fully saturated rings. The fraction of sp³-hybridized carbons (Fsp3) is 0.385. The summed E-state index contributed by atoms with van der Waals surface area (Å²) < 4.78 is 25.7. The number of nitrogens with one attached hydrogen (secondary N) is 1. The second-order valence-electron chi connectivity index (χ2n) is 4.74. The Morgan fingerprint density at radius 1 is 1.33 bits per heavy atom. The molecule has 1 saturated heterocycles. The molecule has 8 heteroatoms. The van der Waals surface area contributed by atoms with Gasteiger partial charge >= 0.3 is 5.97 Å². The monoisotopic (exact) mass is 320 g/mol. The molecule has 0 aromatic heterocycles. The van der Waals surface area contributed by atoms with Crippen molar-refractivity contribution in [3.05, 3.63) is 29.8 Å². The maximum absolute atomic E-state index is 13.0. The molecule has 0 saturated carbocycles. The number of aliphatic carboxylic acids is 1. The zero-order valence-corrected chi connectivity index (χ0v) is 11.8. The van der Waals surface area contributed by atoms with Crippen LogP contribution in [0.1, 0.15) is 6.42 Å². The van der Waals surface area contributed by atoms with E-state index in [0.717, 1.165) is 12.1 Å². The standard InChI is InChI=1S/C13H14F2N2O3.ClH/c14-10-2-1-9(5-11(10)15)16-12(18)7-17-4-3-8(6-17)13(19)20;/h1-2,5,8H,3-4,6-7H2,(H,16,18)(H,19,20);1H. The van der Waals surface area contributed by atoms with Gasteiger partial charge in [0.25, 0.3) is 0 Å². The second kappa shape index (κ2) is 7.33. The Hall–Kier alpha value is -1.73. The largest absolute Gasteiger partial charge is 0.481 e. The molecular formula is C13H15ClF2N2O3. The highest BCUT2D eigenvalue weighted by atomic mass is 35.5. The number of carbonyl (C=O) groups excluding carboxylic acids is 1. The van der Waals surface area contributed by atoms with Crippen LogP contribution in [0.5, 0.6) is 0 Å². The molecule has 0 bridgehead atoms. The number of benzene rings is 1. The van der Waals surface area contributed by atoms with Crippen molar-refractivity contribution in [1.82, 2.24) is 4.90 Å². The van der Waals surface area contributed by atoms with Crippen LogP contribution < -0.4 is 5.32 Å². The van der Waals surface area contributed by atoms with Gasteiger partial charge in [-0.15, -0.1) is 12.4 Å². The molecule has 0 spiro atoms. The number of amides is 1. The Bertz CT molecular complexity index is 542. The molecular weight excluding hydrogens is 306 g/mol. The number of nitrogens with zero attached hydrogens (tertiary/aromatic N) is 1. The lowest BCUT2D eigenvalue weighted by molar-refractivity contribution is -0.141. The Balaban J connectivity index is 0.00000220. The van der Waals surface area contributed by atoms with Gasteiger partial charge < -0.3 is 10.4 Å². The van der Waals surface area contributed by atoms with Crippen LogP contribution in [0.3, 0.4) is 0 Å². The van der Waals surface area contributed by atoms with Crippen LogP contribution >= 0.6 is 12.4 Å². The Kier molecular flexibility index (Phi) is 6.04. The summed E-state index contributed by atoms with van der Waals surface area (Å²) in [5, 5.41) is 11.3. The fourth-order valence-electron chi connectivity index (χ4n) is 2.16. The number of carboxylic acids is 1. The summed E-state index contributed by atoms with van der Waals surface area (Å²) in [5.41, 5.74) is 0.169. The van der Waals surface area contributed by atoms with Crippen molar-refractivity contribution < 1.29 is 23.5 Å². The third-order valence-corrected chi connectivity index (χ3v) is 3.19. The zero-order chi connectivity index (χ0) is 14.7. The van der Waals surface area contributed by atoms with Gasteiger partial charge in [-0.05, 0) is 25.1 Å². The van der Waals surface area contributed by atoms with E-state index in [1.807, 2.05) is 0 Å². The van der Waals surface area contributed by atoms with Crippen LogP contribution in [0, 0.1) is 17.6 Å². The van der Waals surface area contributed by atoms with Gasteiger partial charge in [-0.25, -0.2) is 8.78 Å². The normalized spacial score (nSPS) is 18.1. The molecule has 1 aromatic rings. The van der Waals surface area contributed by atoms with Crippen molar-refractivity contribution in [1.29, 1.82) is 0 Å². The van der Waals surface area contributed by atoms with Gasteiger partial charge in [-0.2, -0.15) is 0 Å². The predicted molar refractivity (Wildman–Crippen MR) is 74.4 cm³/mol. The van der Waals surface area contributed by atoms with Crippen LogP contribution in [0.2, 0.25) is 0 Å². The number of rotatable bonds is 4. The summed E-state index contributed by atoms with van der Waals surface area (Å²) in [5.74, 6) is -3.72. The van der Waals surface area contributed by atoms with Gasteiger partial charge in [0, 0.05) is 18.3 Å². The Morgan fingerprint density at radius 2 is 2.05 bits per heavy atom. The average molecular weight is 321 g/mol. The summed E-state index contributed by atoms with van der Waals surface area (Å²) >= 11 is 0. The number of hydrogen-bond donors (Lipinski definition) is 2. The fourth-order valence-corrected chi connectivity index (χ4v) is 2.16. The lowest BCUT2D eigenvalue weighted by atomic mass is 10.1. The molecule has 1 aliphatic rings. The molecule has 2 rings (SSSR count). The maximum atomic E-state index is 13.0.